The van der Waals surface area contributed by atoms with Crippen LogP contribution in [0.2, 0.25) is 5.02 Å². The molecule has 0 saturated heterocycles. The van der Waals surface area contributed by atoms with Crippen LogP contribution in [0.5, 0.6) is 0 Å². The number of halogens is 1. The lowest BCUT2D eigenvalue weighted by Gasteiger charge is -2.25. The molecule has 0 aliphatic heterocycles. The summed E-state index contributed by atoms with van der Waals surface area (Å²) in [6.45, 7) is 0.262. The molecule has 1 N–H and O–H groups in total. The van der Waals surface area contributed by atoms with Gasteiger partial charge in [0, 0.05) is 25.5 Å². The molecule has 22 heavy (non-hydrogen) atoms. The zero-order chi connectivity index (χ0) is 16.3. The van der Waals surface area contributed by atoms with E-state index in [0.717, 1.165) is 5.69 Å². The number of likely N-dealkylation sites (N-methyl/N-ethyl adjacent to an activating group) is 1. The first-order valence-electron chi connectivity index (χ1n) is 6.85. The van der Waals surface area contributed by atoms with Gasteiger partial charge in [0.2, 0.25) is 10.0 Å². The minimum Gasteiger partial charge on any atom is -0.353 e. The van der Waals surface area contributed by atoms with Crippen LogP contribution in [0.3, 0.4) is 0 Å². The van der Waals surface area contributed by atoms with Gasteiger partial charge in [-0.25, -0.2) is 13.1 Å². The van der Waals surface area contributed by atoms with Gasteiger partial charge in [0.1, 0.15) is 4.90 Å². The second-order valence-corrected chi connectivity index (χ2v) is 7.45. The van der Waals surface area contributed by atoms with Crippen molar-refractivity contribution in [3.05, 3.63) is 53.3 Å². The first-order chi connectivity index (χ1) is 10.3. The highest BCUT2D eigenvalue weighted by Gasteiger charge is 2.22. The molecule has 5 nitrogen and oxygen atoms in total. The van der Waals surface area contributed by atoms with Gasteiger partial charge in [-0.3, -0.25) is 4.90 Å². The topological polar surface area (TPSA) is 54.3 Å². The standard InChI is InChI=1S/C15H20ClN3O2S/c1-18(2)14(13-8-6-10-19(13)3)11-17-22(20,21)15-9-5-4-7-12(15)16/h4-10,14,17H,11H2,1-3H3. The van der Waals surface area contributed by atoms with Gasteiger partial charge in [0.15, 0.2) is 0 Å². The summed E-state index contributed by atoms with van der Waals surface area (Å²) in [7, 11) is 2.13. The zero-order valence-electron chi connectivity index (χ0n) is 12.8. The molecule has 0 radical (unpaired) electrons. The third-order valence-corrected chi connectivity index (χ3v) is 5.46. The molecule has 0 bridgehead atoms. The molecular formula is C15H20ClN3O2S. The number of sulfonamides is 1. The Labute approximate surface area is 136 Å². The Morgan fingerprint density at radius 3 is 2.45 bits per heavy atom. The third kappa shape index (κ3) is 3.70. The van der Waals surface area contributed by atoms with E-state index >= 15 is 0 Å². The Hall–Kier alpha value is -1.34. The van der Waals surface area contributed by atoms with E-state index in [1.165, 1.54) is 6.07 Å². The van der Waals surface area contributed by atoms with Crippen molar-refractivity contribution in [3.63, 3.8) is 0 Å². The number of aromatic nitrogens is 1. The summed E-state index contributed by atoms with van der Waals surface area (Å²) in [5.41, 5.74) is 1.03. The molecule has 0 aliphatic rings. The van der Waals surface area contributed by atoms with Crippen molar-refractivity contribution in [2.24, 2.45) is 7.05 Å². The van der Waals surface area contributed by atoms with Crippen LogP contribution in [-0.4, -0.2) is 38.5 Å². The lowest BCUT2D eigenvalue weighted by atomic mass is 10.2. The minimum absolute atomic E-state index is 0.0720. The van der Waals surface area contributed by atoms with Crippen LogP contribution in [-0.2, 0) is 17.1 Å². The molecule has 1 atom stereocenters. The van der Waals surface area contributed by atoms with Gasteiger partial charge in [0.05, 0.1) is 11.1 Å². The highest BCUT2D eigenvalue weighted by molar-refractivity contribution is 7.89. The summed E-state index contributed by atoms with van der Waals surface area (Å²) in [6.07, 6.45) is 1.94. The van der Waals surface area contributed by atoms with Crippen LogP contribution >= 0.6 is 11.6 Å². The molecule has 0 saturated carbocycles. The molecule has 2 rings (SSSR count). The molecule has 0 spiro atoms. The Morgan fingerprint density at radius 1 is 1.23 bits per heavy atom. The quantitative estimate of drug-likeness (QED) is 0.876. The summed E-state index contributed by atoms with van der Waals surface area (Å²) in [5, 5.41) is 0.218. The number of aryl methyl sites for hydroxylation is 1. The van der Waals surface area contributed by atoms with Crippen molar-refractivity contribution < 1.29 is 8.42 Å². The fourth-order valence-electron chi connectivity index (χ4n) is 2.30. The van der Waals surface area contributed by atoms with Crippen molar-refractivity contribution >= 4 is 21.6 Å². The number of nitrogens with one attached hydrogen (secondary N) is 1. The van der Waals surface area contributed by atoms with Gasteiger partial charge in [0.25, 0.3) is 0 Å². The van der Waals surface area contributed by atoms with Crippen molar-refractivity contribution in [2.75, 3.05) is 20.6 Å². The maximum absolute atomic E-state index is 12.4. The Balaban J connectivity index is 2.20. The Kier molecular flexibility index (Phi) is 5.28. The van der Waals surface area contributed by atoms with E-state index in [1.807, 2.05) is 48.9 Å². The van der Waals surface area contributed by atoms with Crippen molar-refractivity contribution in [3.8, 4) is 0 Å². The van der Waals surface area contributed by atoms with Gasteiger partial charge in [-0.15, -0.1) is 0 Å². The first-order valence-corrected chi connectivity index (χ1v) is 8.71. The van der Waals surface area contributed by atoms with Gasteiger partial charge in [-0.2, -0.15) is 0 Å². The molecule has 1 aromatic heterocycles. The molecule has 7 heteroatoms. The summed E-state index contributed by atoms with van der Waals surface area (Å²) >= 11 is 5.98. The van der Waals surface area contributed by atoms with Crippen molar-refractivity contribution in [1.82, 2.24) is 14.2 Å². The predicted molar refractivity (Wildman–Crippen MR) is 88.5 cm³/mol. The highest BCUT2D eigenvalue weighted by atomic mass is 35.5. The van der Waals surface area contributed by atoms with E-state index in [2.05, 4.69) is 4.72 Å². The second kappa shape index (κ2) is 6.83. The molecule has 0 amide bonds. The minimum atomic E-state index is -3.64. The SMILES string of the molecule is CN(C)C(CNS(=O)(=O)c1ccccc1Cl)c1cccn1C. The molecule has 0 fully saturated rings. The average molecular weight is 342 g/mol. The molecule has 120 valence electrons. The molecule has 2 aromatic rings. The predicted octanol–water partition coefficient (Wildman–Crippen LogP) is 2.26. The van der Waals surface area contributed by atoms with Gasteiger partial charge < -0.3 is 4.57 Å². The van der Waals surface area contributed by atoms with Crippen molar-refractivity contribution in [2.45, 2.75) is 10.9 Å². The zero-order valence-corrected chi connectivity index (χ0v) is 14.4. The lowest BCUT2D eigenvalue weighted by Crippen LogP contribution is -2.35. The van der Waals surface area contributed by atoms with Crippen LogP contribution < -0.4 is 4.72 Å². The first kappa shape index (κ1) is 17.0. The second-order valence-electron chi connectivity index (χ2n) is 5.31. The monoisotopic (exact) mass is 341 g/mol. The molecule has 0 aliphatic carbocycles. The maximum Gasteiger partial charge on any atom is 0.242 e. The summed E-state index contributed by atoms with van der Waals surface area (Å²) in [6, 6.07) is 10.3. The molecule has 1 unspecified atom stereocenters. The lowest BCUT2D eigenvalue weighted by molar-refractivity contribution is 0.289. The summed E-state index contributed by atoms with van der Waals surface area (Å²) in [4.78, 5) is 2.07. The number of hydrogen-bond acceptors (Lipinski definition) is 3. The van der Waals surface area contributed by atoms with E-state index in [1.54, 1.807) is 18.2 Å². The van der Waals surface area contributed by atoms with Gasteiger partial charge >= 0.3 is 0 Å². The summed E-state index contributed by atoms with van der Waals surface area (Å²) < 4.78 is 29.5. The molecule has 1 heterocycles. The number of benzene rings is 1. The number of hydrogen-bond donors (Lipinski definition) is 1. The Bertz CT molecular complexity index is 741. The van der Waals surface area contributed by atoms with E-state index in [4.69, 9.17) is 11.6 Å². The normalized spacial score (nSPS) is 13.5. The third-order valence-electron chi connectivity index (χ3n) is 3.54. The smallest absolute Gasteiger partial charge is 0.242 e. The number of rotatable bonds is 6. The summed E-state index contributed by atoms with van der Waals surface area (Å²) in [5.74, 6) is 0. The highest BCUT2D eigenvalue weighted by Crippen LogP contribution is 2.22. The molecule has 1 aromatic carbocycles. The average Bonchev–Trinajstić information content (AvgIpc) is 2.85. The van der Waals surface area contributed by atoms with Crippen LogP contribution in [0.15, 0.2) is 47.5 Å². The van der Waals surface area contributed by atoms with Crippen LogP contribution in [0.1, 0.15) is 11.7 Å². The van der Waals surface area contributed by atoms with Gasteiger partial charge in [-0.05, 0) is 38.4 Å². The fraction of sp³-hybridized carbons (Fsp3) is 0.333. The molecular weight excluding hydrogens is 322 g/mol. The van der Waals surface area contributed by atoms with E-state index in [0.29, 0.717) is 0 Å². The largest absolute Gasteiger partial charge is 0.353 e. The van der Waals surface area contributed by atoms with Gasteiger partial charge in [-0.1, -0.05) is 23.7 Å². The van der Waals surface area contributed by atoms with E-state index < -0.39 is 10.0 Å². The van der Waals surface area contributed by atoms with Crippen LogP contribution in [0, 0.1) is 0 Å². The number of nitrogens with zero attached hydrogens (tertiary/aromatic N) is 2. The Morgan fingerprint density at radius 2 is 1.91 bits per heavy atom. The van der Waals surface area contributed by atoms with Crippen LogP contribution in [0.25, 0.3) is 0 Å². The van der Waals surface area contributed by atoms with E-state index in [9.17, 15) is 8.42 Å². The van der Waals surface area contributed by atoms with Crippen molar-refractivity contribution in [1.29, 1.82) is 0 Å². The van der Waals surface area contributed by atoms with E-state index in [-0.39, 0.29) is 22.5 Å². The maximum atomic E-state index is 12.4. The fourth-order valence-corrected chi connectivity index (χ4v) is 3.86. The van der Waals surface area contributed by atoms with Crippen LogP contribution in [0.4, 0.5) is 0 Å².